The number of ketones is 2. The van der Waals surface area contributed by atoms with E-state index in [4.69, 9.17) is 0 Å². The highest BCUT2D eigenvalue weighted by Gasteiger charge is 2.31. The minimum absolute atomic E-state index is 0.0763. The molecule has 3 aromatic carbocycles. The Morgan fingerprint density at radius 1 is 0.812 bits per heavy atom. The van der Waals surface area contributed by atoms with Crippen LogP contribution < -0.4 is 10.6 Å². The lowest BCUT2D eigenvalue weighted by molar-refractivity contribution is -0.384. The fraction of sp³-hybridized carbons (Fsp3) is 0.125. The van der Waals surface area contributed by atoms with Gasteiger partial charge in [-0.3, -0.25) is 24.5 Å². The van der Waals surface area contributed by atoms with Crippen molar-refractivity contribution in [1.82, 2.24) is 5.32 Å². The summed E-state index contributed by atoms with van der Waals surface area (Å²) in [7, 11) is 0. The van der Waals surface area contributed by atoms with E-state index in [1.54, 1.807) is 42.5 Å². The summed E-state index contributed by atoms with van der Waals surface area (Å²) in [5.74, 6) is -0.687. The number of rotatable bonds is 7. The van der Waals surface area contributed by atoms with Gasteiger partial charge in [0.25, 0.3) is 11.6 Å². The van der Waals surface area contributed by atoms with E-state index in [1.165, 1.54) is 24.3 Å². The minimum Gasteiger partial charge on any atom is -0.384 e. The van der Waals surface area contributed by atoms with Crippen LogP contribution in [0.4, 0.5) is 11.4 Å². The van der Waals surface area contributed by atoms with Gasteiger partial charge >= 0.3 is 0 Å². The zero-order chi connectivity index (χ0) is 22.7. The van der Waals surface area contributed by atoms with Crippen LogP contribution in [0, 0.1) is 10.1 Å². The van der Waals surface area contributed by atoms with E-state index < -0.39 is 4.92 Å². The van der Waals surface area contributed by atoms with Crippen LogP contribution in [0.25, 0.3) is 0 Å². The van der Waals surface area contributed by atoms with E-state index >= 15 is 0 Å². The van der Waals surface area contributed by atoms with Crippen LogP contribution in [0.15, 0.2) is 66.7 Å². The molecule has 8 nitrogen and oxygen atoms in total. The Labute approximate surface area is 183 Å². The first-order valence-electron chi connectivity index (χ1n) is 10.1. The molecule has 2 N–H and O–H groups in total. The molecule has 160 valence electrons. The summed E-state index contributed by atoms with van der Waals surface area (Å²) < 4.78 is 0. The van der Waals surface area contributed by atoms with Crippen LogP contribution >= 0.6 is 0 Å². The molecule has 0 saturated heterocycles. The number of nitrogens with zero attached hydrogens (tertiary/aromatic N) is 1. The number of nitro groups is 1. The highest BCUT2D eigenvalue weighted by molar-refractivity contribution is 6.30. The highest BCUT2D eigenvalue weighted by Crippen LogP contribution is 2.31. The number of carbonyl (C=O) groups excluding carboxylic acids is 3. The number of nitro benzene ring substituents is 1. The van der Waals surface area contributed by atoms with Crippen LogP contribution in [-0.2, 0) is 0 Å². The lowest BCUT2D eigenvalue weighted by Crippen LogP contribution is -2.26. The standard InChI is InChI=1S/C24H19N3O5/c28-22-17-5-1-2-6-18(17)23(29)21-19(22)7-3-8-20(21)25-13-4-14-26-24(30)15-9-11-16(12-10-15)27(31)32/h1-3,5-12,25H,4,13-14H2,(H,26,30). The molecule has 4 rings (SSSR count). The molecule has 0 spiro atoms. The van der Waals surface area contributed by atoms with Crippen molar-refractivity contribution in [2.24, 2.45) is 0 Å². The lowest BCUT2D eigenvalue weighted by atomic mass is 9.83. The molecule has 0 aliphatic heterocycles. The Bertz CT molecular complexity index is 1230. The Morgan fingerprint density at radius 3 is 2.16 bits per heavy atom. The van der Waals surface area contributed by atoms with Gasteiger partial charge in [-0.25, -0.2) is 0 Å². The molecular formula is C24H19N3O5. The van der Waals surface area contributed by atoms with Crippen LogP contribution in [0.3, 0.4) is 0 Å². The average molecular weight is 429 g/mol. The number of amides is 1. The third-order valence-corrected chi connectivity index (χ3v) is 5.25. The highest BCUT2D eigenvalue weighted by atomic mass is 16.6. The molecule has 0 aromatic heterocycles. The third kappa shape index (κ3) is 3.98. The molecular weight excluding hydrogens is 410 g/mol. The van der Waals surface area contributed by atoms with Gasteiger partial charge in [-0.15, -0.1) is 0 Å². The normalized spacial score (nSPS) is 12.0. The molecule has 0 radical (unpaired) electrons. The summed E-state index contributed by atoms with van der Waals surface area (Å²) in [5, 5.41) is 16.6. The summed E-state index contributed by atoms with van der Waals surface area (Å²) in [6.07, 6.45) is 0.571. The number of hydrogen-bond acceptors (Lipinski definition) is 6. The monoisotopic (exact) mass is 429 g/mol. The lowest BCUT2D eigenvalue weighted by Gasteiger charge is -2.20. The molecule has 0 unspecified atom stereocenters. The van der Waals surface area contributed by atoms with Crippen molar-refractivity contribution in [3.05, 3.63) is 105 Å². The van der Waals surface area contributed by atoms with Crippen LogP contribution in [0.5, 0.6) is 0 Å². The third-order valence-electron chi connectivity index (χ3n) is 5.25. The van der Waals surface area contributed by atoms with Crippen LogP contribution in [0.1, 0.15) is 48.6 Å². The number of non-ortho nitro benzene ring substituents is 1. The molecule has 0 bridgehead atoms. The number of carbonyl (C=O) groups is 3. The maximum absolute atomic E-state index is 13.0. The molecule has 1 aliphatic rings. The second kappa shape index (κ2) is 8.81. The summed E-state index contributed by atoms with van der Waals surface area (Å²) >= 11 is 0. The Kier molecular flexibility index (Phi) is 5.76. The smallest absolute Gasteiger partial charge is 0.269 e. The molecule has 0 atom stereocenters. The minimum atomic E-state index is -0.521. The van der Waals surface area contributed by atoms with Crippen molar-refractivity contribution < 1.29 is 19.3 Å². The van der Waals surface area contributed by atoms with E-state index in [0.29, 0.717) is 53.0 Å². The summed E-state index contributed by atoms with van der Waals surface area (Å²) in [4.78, 5) is 48.1. The van der Waals surface area contributed by atoms with Crippen molar-refractivity contribution >= 4 is 28.8 Å². The molecule has 0 heterocycles. The van der Waals surface area contributed by atoms with Gasteiger partial charge in [-0.1, -0.05) is 36.4 Å². The SMILES string of the molecule is O=C(NCCCNc1cccc2c1C(=O)c1ccccc1C2=O)c1ccc([N+](=O)[O-])cc1. The largest absolute Gasteiger partial charge is 0.384 e. The van der Waals surface area contributed by atoms with Gasteiger partial charge < -0.3 is 10.6 Å². The van der Waals surface area contributed by atoms with Crippen molar-refractivity contribution in [3.8, 4) is 0 Å². The summed E-state index contributed by atoms with van der Waals surface area (Å²) in [5.41, 5.74) is 2.40. The fourth-order valence-corrected chi connectivity index (χ4v) is 3.64. The zero-order valence-corrected chi connectivity index (χ0v) is 17.0. The molecule has 1 amide bonds. The van der Waals surface area contributed by atoms with Crippen LogP contribution in [-0.4, -0.2) is 35.5 Å². The van der Waals surface area contributed by atoms with E-state index in [9.17, 15) is 24.5 Å². The molecule has 0 fully saturated rings. The number of anilines is 1. The average Bonchev–Trinajstić information content (AvgIpc) is 2.82. The Balaban J connectivity index is 1.35. The summed E-state index contributed by atoms with van der Waals surface area (Å²) in [6.45, 7) is 0.841. The van der Waals surface area contributed by atoms with Gasteiger partial charge in [0.15, 0.2) is 11.6 Å². The van der Waals surface area contributed by atoms with Crippen molar-refractivity contribution in [2.45, 2.75) is 6.42 Å². The topological polar surface area (TPSA) is 118 Å². The van der Waals surface area contributed by atoms with Crippen molar-refractivity contribution in [3.63, 3.8) is 0 Å². The van der Waals surface area contributed by atoms with Crippen molar-refractivity contribution in [1.29, 1.82) is 0 Å². The first kappa shape index (κ1) is 20.9. The second-order valence-electron chi connectivity index (χ2n) is 7.27. The van der Waals surface area contributed by atoms with Gasteiger partial charge in [0.1, 0.15) is 0 Å². The quantitative estimate of drug-likeness (QED) is 0.263. The predicted molar refractivity (Wildman–Crippen MR) is 118 cm³/mol. The molecule has 0 saturated carbocycles. The Hall–Kier alpha value is -4.33. The first-order valence-corrected chi connectivity index (χ1v) is 10.1. The van der Waals surface area contributed by atoms with Gasteiger partial charge in [0.05, 0.1) is 10.5 Å². The van der Waals surface area contributed by atoms with E-state index in [0.717, 1.165) is 0 Å². The van der Waals surface area contributed by atoms with Gasteiger partial charge in [-0.2, -0.15) is 0 Å². The van der Waals surface area contributed by atoms with Gasteiger partial charge in [0, 0.05) is 53.2 Å². The molecule has 1 aliphatic carbocycles. The molecule has 8 heteroatoms. The predicted octanol–water partition coefficient (Wildman–Crippen LogP) is 3.60. The Morgan fingerprint density at radius 2 is 1.47 bits per heavy atom. The number of nitrogens with one attached hydrogen (secondary N) is 2. The number of fused-ring (bicyclic) bond motifs is 2. The van der Waals surface area contributed by atoms with E-state index in [1.807, 2.05) is 0 Å². The van der Waals surface area contributed by atoms with Crippen LogP contribution in [0.2, 0.25) is 0 Å². The van der Waals surface area contributed by atoms with Crippen molar-refractivity contribution in [2.75, 3.05) is 18.4 Å². The van der Waals surface area contributed by atoms with E-state index in [2.05, 4.69) is 10.6 Å². The maximum atomic E-state index is 13.0. The van der Waals surface area contributed by atoms with Gasteiger partial charge in [0.2, 0.25) is 0 Å². The fourth-order valence-electron chi connectivity index (χ4n) is 3.64. The maximum Gasteiger partial charge on any atom is 0.269 e. The van der Waals surface area contributed by atoms with E-state index in [-0.39, 0.29) is 23.2 Å². The molecule has 3 aromatic rings. The number of benzene rings is 3. The zero-order valence-electron chi connectivity index (χ0n) is 17.0. The first-order chi connectivity index (χ1) is 15.5. The molecule has 32 heavy (non-hydrogen) atoms. The number of hydrogen-bond donors (Lipinski definition) is 2. The summed E-state index contributed by atoms with van der Waals surface area (Å²) in [6, 6.07) is 17.3. The second-order valence-corrected chi connectivity index (χ2v) is 7.27. The van der Waals surface area contributed by atoms with Gasteiger partial charge in [-0.05, 0) is 24.6 Å².